The van der Waals surface area contributed by atoms with Crippen molar-refractivity contribution in [3.63, 3.8) is 0 Å². The predicted octanol–water partition coefficient (Wildman–Crippen LogP) is 20.7. The van der Waals surface area contributed by atoms with Crippen LogP contribution in [0.5, 0.6) is 0 Å². The number of benzene rings is 10. The summed E-state index contributed by atoms with van der Waals surface area (Å²) in [5, 5.41) is 10.7. The zero-order chi connectivity index (χ0) is 62.9. The third kappa shape index (κ3) is 13.8. The molecule has 0 amide bonds. The van der Waals surface area contributed by atoms with E-state index in [1.54, 1.807) is 0 Å². The van der Waals surface area contributed by atoms with Crippen LogP contribution in [0.25, 0.3) is 60.7 Å². The minimum absolute atomic E-state index is 0.318. The summed E-state index contributed by atoms with van der Waals surface area (Å²) in [7, 11) is 0. The molecular formula is C84H82N6. The summed E-state index contributed by atoms with van der Waals surface area (Å²) in [5.41, 5.74) is 24.8. The van der Waals surface area contributed by atoms with Crippen molar-refractivity contribution in [1.29, 1.82) is 5.26 Å². The molecule has 0 spiro atoms. The lowest BCUT2D eigenvalue weighted by molar-refractivity contribution is 0.866. The Kier molecular flexibility index (Phi) is 20.9. The number of nitrogens with zero attached hydrogens (tertiary/aromatic N) is 6. The molecule has 0 N–H and O–H groups in total. The van der Waals surface area contributed by atoms with Crippen molar-refractivity contribution in [1.82, 2.24) is 0 Å². The van der Waals surface area contributed by atoms with Crippen LogP contribution in [0, 0.1) is 17.9 Å². The topological polar surface area (TPSA) is 41.1 Å². The molecule has 0 aliphatic rings. The Morgan fingerprint density at radius 1 is 0.278 bits per heavy atom. The largest absolute Gasteiger partial charge is 0.372 e. The second-order valence-corrected chi connectivity index (χ2v) is 22.4. The quantitative estimate of drug-likeness (QED) is 0.0343. The fourth-order valence-corrected chi connectivity index (χ4v) is 12.6. The number of hydrogen-bond acceptors (Lipinski definition) is 5. The highest BCUT2D eigenvalue weighted by Crippen LogP contribution is 2.42. The summed E-state index contributed by atoms with van der Waals surface area (Å²) in [6.07, 6.45) is 0. The normalized spacial score (nSPS) is 11.2. The molecule has 0 fully saturated rings. The van der Waals surface area contributed by atoms with Crippen LogP contribution in [0.15, 0.2) is 255 Å². The zero-order valence-corrected chi connectivity index (χ0v) is 53.6. The zero-order valence-electron chi connectivity index (χ0n) is 53.6. The van der Waals surface area contributed by atoms with Gasteiger partial charge < -0.3 is 19.6 Å². The van der Waals surface area contributed by atoms with Crippen molar-refractivity contribution < 1.29 is 0 Å². The average Bonchev–Trinajstić information content (AvgIpc) is 3.58. The van der Waals surface area contributed by atoms with Gasteiger partial charge in [0.25, 0.3) is 0 Å². The fourth-order valence-electron chi connectivity index (χ4n) is 12.6. The van der Waals surface area contributed by atoms with Crippen molar-refractivity contribution in [2.24, 2.45) is 0 Å². The molecule has 6 heteroatoms. The molecule has 10 aromatic carbocycles. The molecule has 10 rings (SSSR count). The van der Waals surface area contributed by atoms with Gasteiger partial charge in [0.2, 0.25) is 5.70 Å². The average molecular weight is 1180 g/mol. The molecule has 0 aliphatic carbocycles. The van der Waals surface area contributed by atoms with E-state index in [4.69, 9.17) is 6.57 Å². The van der Waals surface area contributed by atoms with Gasteiger partial charge in [0.05, 0.1) is 18.2 Å². The summed E-state index contributed by atoms with van der Waals surface area (Å²) in [4.78, 5) is 13.5. The number of nitriles is 1. The van der Waals surface area contributed by atoms with Gasteiger partial charge in [0, 0.05) is 75.1 Å². The Labute approximate surface area is 536 Å². The molecule has 0 radical (unpaired) electrons. The molecule has 10 aromatic rings. The summed E-state index contributed by atoms with van der Waals surface area (Å²) in [6.45, 7) is 33.6. The third-order valence-electron chi connectivity index (χ3n) is 17.6. The van der Waals surface area contributed by atoms with Crippen molar-refractivity contribution in [3.8, 4) is 28.3 Å². The van der Waals surface area contributed by atoms with Crippen LogP contribution in [0.4, 0.5) is 22.7 Å². The van der Waals surface area contributed by atoms with Crippen LogP contribution in [0.2, 0.25) is 0 Å². The standard InChI is InChI=1S/C84H82N6/c1-10-87(11-2)75-52-44-70(45-53-75)82(71-46-54-76(55-47-71)88(12-3)13-4)80(66-24-20-18-21-25-66)68-38-30-62(31-39-68)61-28-36-65(37-29-61)79(60-85)84(86-9)74-42-34-64(35-43-74)63-32-40-69(41-33-63)81(67-26-22-19-23-27-67)83(72-48-56-77(57-49-72)89(14-5)15-6)73-50-58-78(59-51-73)90(16-7)17-8/h18-59H,10-17H2,1-8H3/b84-79-. The van der Waals surface area contributed by atoms with E-state index < -0.39 is 0 Å². The molecule has 0 saturated carbocycles. The smallest absolute Gasteiger partial charge is 0.212 e. The minimum Gasteiger partial charge on any atom is -0.372 e. The highest BCUT2D eigenvalue weighted by atomic mass is 15.1. The van der Waals surface area contributed by atoms with E-state index in [2.05, 4.69) is 316 Å². The van der Waals surface area contributed by atoms with E-state index in [0.29, 0.717) is 22.4 Å². The van der Waals surface area contributed by atoms with Gasteiger partial charge >= 0.3 is 0 Å². The van der Waals surface area contributed by atoms with Crippen molar-refractivity contribution in [3.05, 3.63) is 322 Å². The third-order valence-corrected chi connectivity index (χ3v) is 17.6. The summed E-state index contributed by atoms with van der Waals surface area (Å²) >= 11 is 0. The van der Waals surface area contributed by atoms with E-state index in [0.717, 1.165) is 130 Å². The van der Waals surface area contributed by atoms with E-state index in [-0.39, 0.29) is 0 Å². The lowest BCUT2D eigenvalue weighted by Crippen LogP contribution is -2.21. The molecule has 448 valence electrons. The van der Waals surface area contributed by atoms with Crippen molar-refractivity contribution >= 4 is 56.3 Å². The van der Waals surface area contributed by atoms with Crippen LogP contribution in [-0.4, -0.2) is 52.4 Å². The lowest BCUT2D eigenvalue weighted by Gasteiger charge is -2.24. The van der Waals surface area contributed by atoms with Gasteiger partial charge in [-0.3, -0.25) is 0 Å². The number of allylic oxidation sites excluding steroid dienone is 1. The van der Waals surface area contributed by atoms with E-state index >= 15 is 0 Å². The first-order valence-electron chi connectivity index (χ1n) is 32.1. The molecule has 0 unspecified atom stereocenters. The van der Waals surface area contributed by atoms with Gasteiger partial charge in [0.1, 0.15) is 0 Å². The summed E-state index contributed by atoms with van der Waals surface area (Å²) in [6, 6.07) is 93.8. The summed E-state index contributed by atoms with van der Waals surface area (Å²) < 4.78 is 0. The maximum atomic E-state index is 10.7. The predicted molar refractivity (Wildman–Crippen MR) is 386 cm³/mol. The van der Waals surface area contributed by atoms with Crippen LogP contribution in [0.1, 0.15) is 111 Å². The maximum Gasteiger partial charge on any atom is 0.212 e. The molecular weight excluding hydrogens is 1090 g/mol. The number of rotatable bonds is 24. The highest BCUT2D eigenvalue weighted by Gasteiger charge is 2.21. The molecule has 0 bridgehead atoms. The Bertz CT molecular complexity index is 3740. The second kappa shape index (κ2) is 30.0. The Morgan fingerprint density at radius 3 is 0.689 bits per heavy atom. The first kappa shape index (κ1) is 62.6. The molecule has 0 aromatic heterocycles. The Morgan fingerprint density at radius 2 is 0.478 bits per heavy atom. The molecule has 0 saturated heterocycles. The Balaban J connectivity index is 0.951. The first-order valence-corrected chi connectivity index (χ1v) is 32.1. The molecule has 0 atom stereocenters. The van der Waals surface area contributed by atoms with E-state index in [9.17, 15) is 5.26 Å². The molecule has 6 nitrogen and oxygen atoms in total. The van der Waals surface area contributed by atoms with Crippen molar-refractivity contribution in [2.45, 2.75) is 55.4 Å². The lowest BCUT2D eigenvalue weighted by atomic mass is 9.85. The molecule has 90 heavy (non-hydrogen) atoms. The Hall–Kier alpha value is -10.4. The maximum absolute atomic E-state index is 10.7. The number of anilines is 4. The monoisotopic (exact) mass is 1170 g/mol. The van der Waals surface area contributed by atoms with Crippen LogP contribution >= 0.6 is 0 Å². The SMILES string of the molecule is [C-]#[N+]/C(=C(/C#N)c1ccc(-c2ccc(C(=C(c3ccc(N(CC)CC)cc3)c3ccc(N(CC)CC)cc3)c3ccccc3)cc2)cc1)c1ccc(-c2ccc(C(=C(c3ccc(N(CC)CC)cc3)c3ccc(N(CC)CC)cc3)c3ccccc3)cc2)cc1. The van der Waals surface area contributed by atoms with Crippen LogP contribution in [0.3, 0.4) is 0 Å². The first-order chi connectivity index (χ1) is 44.2. The van der Waals surface area contributed by atoms with E-state index in [1.807, 2.05) is 24.3 Å². The number of hydrogen-bond donors (Lipinski definition) is 0. The van der Waals surface area contributed by atoms with Gasteiger partial charge in [-0.15, -0.1) is 0 Å². The van der Waals surface area contributed by atoms with Crippen LogP contribution in [-0.2, 0) is 0 Å². The molecule has 0 heterocycles. The summed E-state index contributed by atoms with van der Waals surface area (Å²) in [5.74, 6) is 0. The van der Waals surface area contributed by atoms with Crippen molar-refractivity contribution in [2.75, 3.05) is 72.0 Å². The van der Waals surface area contributed by atoms with Gasteiger partial charge in [0.15, 0.2) is 0 Å². The minimum atomic E-state index is 0.318. The van der Waals surface area contributed by atoms with Gasteiger partial charge in [-0.1, -0.05) is 206 Å². The van der Waals surface area contributed by atoms with Gasteiger partial charge in [-0.05, 0) is 204 Å². The highest BCUT2D eigenvalue weighted by molar-refractivity contribution is 6.06. The fraction of sp³-hybridized carbons (Fsp3) is 0.190. The van der Waals surface area contributed by atoms with Gasteiger partial charge in [-0.25, -0.2) is 4.85 Å². The van der Waals surface area contributed by atoms with Gasteiger partial charge in [-0.2, -0.15) is 5.26 Å². The molecule has 0 aliphatic heterocycles. The second-order valence-electron chi connectivity index (χ2n) is 22.4. The van der Waals surface area contributed by atoms with Crippen LogP contribution < -0.4 is 19.6 Å². The van der Waals surface area contributed by atoms with E-state index in [1.165, 1.54) is 33.9 Å².